The second-order valence-electron chi connectivity index (χ2n) is 3.99. The summed E-state index contributed by atoms with van der Waals surface area (Å²) >= 11 is 0. The summed E-state index contributed by atoms with van der Waals surface area (Å²) in [6.07, 6.45) is 0.859. The minimum Gasteiger partial charge on any atom is -0.346 e. The zero-order valence-corrected chi connectivity index (χ0v) is 9.66. The van der Waals surface area contributed by atoms with Crippen LogP contribution in [0.3, 0.4) is 0 Å². The van der Waals surface area contributed by atoms with Crippen molar-refractivity contribution in [2.45, 2.75) is 20.8 Å². The van der Waals surface area contributed by atoms with Gasteiger partial charge in [-0.2, -0.15) is 0 Å². The lowest BCUT2D eigenvalue weighted by atomic mass is 10.0. The van der Waals surface area contributed by atoms with Crippen molar-refractivity contribution >= 4 is 6.29 Å². The summed E-state index contributed by atoms with van der Waals surface area (Å²) in [5, 5.41) is 0. The number of carbonyl (C=O) groups excluding carboxylic acids is 1. The molecule has 0 radical (unpaired) electrons. The Balaban J connectivity index is 2.62. The van der Waals surface area contributed by atoms with E-state index in [9.17, 15) is 4.79 Å². The van der Waals surface area contributed by atoms with Crippen LogP contribution in [0.25, 0.3) is 11.3 Å². The minimum absolute atomic E-state index is 0.681. The summed E-state index contributed by atoms with van der Waals surface area (Å²) in [7, 11) is 0. The van der Waals surface area contributed by atoms with Crippen LogP contribution in [0, 0.1) is 20.8 Å². The van der Waals surface area contributed by atoms with E-state index in [4.69, 9.17) is 0 Å². The molecule has 1 aromatic heterocycles. The maximum Gasteiger partial charge on any atom is 0.150 e. The average molecular weight is 214 g/mol. The van der Waals surface area contributed by atoms with Crippen LogP contribution in [-0.2, 0) is 0 Å². The highest BCUT2D eigenvalue weighted by Crippen LogP contribution is 2.25. The second kappa shape index (κ2) is 3.93. The van der Waals surface area contributed by atoms with Crippen molar-refractivity contribution in [2.24, 2.45) is 0 Å². The van der Waals surface area contributed by atoms with E-state index < -0.39 is 0 Å². The molecule has 0 aliphatic carbocycles. The van der Waals surface area contributed by atoms with Crippen molar-refractivity contribution in [3.8, 4) is 11.3 Å². The fourth-order valence-corrected chi connectivity index (χ4v) is 1.84. The van der Waals surface area contributed by atoms with Crippen LogP contribution in [0.2, 0.25) is 0 Å². The number of aromatic nitrogens is 2. The van der Waals surface area contributed by atoms with Gasteiger partial charge in [-0.3, -0.25) is 4.79 Å². The van der Waals surface area contributed by atoms with Crippen LogP contribution in [-0.4, -0.2) is 16.3 Å². The summed E-state index contributed by atoms with van der Waals surface area (Å²) in [5.41, 5.74) is 4.79. The maximum absolute atomic E-state index is 10.8. The first kappa shape index (κ1) is 10.6. The second-order valence-corrected chi connectivity index (χ2v) is 3.99. The van der Waals surface area contributed by atoms with E-state index in [0.717, 1.165) is 34.6 Å². The van der Waals surface area contributed by atoms with Crippen LogP contribution in [0.5, 0.6) is 0 Å². The monoisotopic (exact) mass is 214 g/mol. The lowest BCUT2D eigenvalue weighted by molar-refractivity contribution is 0.112. The van der Waals surface area contributed by atoms with Crippen molar-refractivity contribution in [1.82, 2.24) is 9.97 Å². The number of hydrogen-bond acceptors (Lipinski definition) is 2. The number of aryl methyl sites for hydroxylation is 3. The van der Waals surface area contributed by atoms with Gasteiger partial charge >= 0.3 is 0 Å². The predicted octanol–water partition coefficient (Wildman–Crippen LogP) is 2.81. The number of benzene rings is 1. The molecule has 0 bridgehead atoms. The first-order valence-corrected chi connectivity index (χ1v) is 5.21. The molecule has 0 saturated heterocycles. The molecular formula is C13H14N2O. The predicted molar refractivity (Wildman–Crippen MR) is 63.6 cm³/mol. The molecule has 0 amide bonds. The topological polar surface area (TPSA) is 45.8 Å². The Hall–Kier alpha value is -1.90. The molecule has 1 aromatic carbocycles. The van der Waals surface area contributed by atoms with Crippen LogP contribution < -0.4 is 0 Å². The van der Waals surface area contributed by atoms with Gasteiger partial charge in [-0.15, -0.1) is 0 Å². The lowest BCUT2D eigenvalue weighted by Gasteiger charge is -2.04. The molecule has 2 aromatic rings. The van der Waals surface area contributed by atoms with Crippen molar-refractivity contribution in [3.05, 3.63) is 40.8 Å². The molecule has 0 fully saturated rings. The van der Waals surface area contributed by atoms with Crippen molar-refractivity contribution in [1.29, 1.82) is 0 Å². The van der Waals surface area contributed by atoms with Crippen LogP contribution in [0.4, 0.5) is 0 Å². The van der Waals surface area contributed by atoms with Crippen molar-refractivity contribution in [2.75, 3.05) is 0 Å². The molecule has 0 spiro atoms. The molecule has 0 aliphatic rings. The number of nitrogens with zero attached hydrogens (tertiary/aromatic N) is 1. The van der Waals surface area contributed by atoms with Crippen molar-refractivity contribution in [3.63, 3.8) is 0 Å². The highest BCUT2D eigenvalue weighted by molar-refractivity contribution is 5.79. The summed E-state index contributed by atoms with van der Waals surface area (Å²) in [4.78, 5) is 18.4. The number of aldehydes is 1. The Bertz CT molecular complexity index is 541. The zero-order chi connectivity index (χ0) is 11.7. The SMILES string of the molecule is Cc1nc(-c2cc(C=O)ccc2C)c(C)[nH]1. The van der Waals surface area contributed by atoms with Gasteiger partial charge in [0.2, 0.25) is 0 Å². The van der Waals surface area contributed by atoms with E-state index in [1.165, 1.54) is 0 Å². The van der Waals surface area contributed by atoms with Gasteiger partial charge in [-0.1, -0.05) is 12.1 Å². The molecule has 3 heteroatoms. The highest BCUT2D eigenvalue weighted by Gasteiger charge is 2.10. The summed E-state index contributed by atoms with van der Waals surface area (Å²) in [6.45, 7) is 5.94. The van der Waals surface area contributed by atoms with Gasteiger partial charge in [0.15, 0.2) is 0 Å². The van der Waals surface area contributed by atoms with Crippen molar-refractivity contribution < 1.29 is 4.79 Å². The molecule has 0 atom stereocenters. The molecule has 0 unspecified atom stereocenters. The van der Waals surface area contributed by atoms with E-state index in [0.29, 0.717) is 5.56 Å². The molecule has 82 valence electrons. The molecule has 1 heterocycles. The van der Waals surface area contributed by atoms with E-state index in [-0.39, 0.29) is 0 Å². The standard InChI is InChI=1S/C13H14N2O/c1-8-4-5-11(7-16)6-12(8)13-9(2)14-10(3)15-13/h4-7H,1-3H3,(H,14,15). The quantitative estimate of drug-likeness (QED) is 0.781. The minimum atomic E-state index is 0.681. The van der Waals surface area contributed by atoms with E-state index >= 15 is 0 Å². The number of rotatable bonds is 2. The fourth-order valence-electron chi connectivity index (χ4n) is 1.84. The Morgan fingerprint density at radius 1 is 1.25 bits per heavy atom. The largest absolute Gasteiger partial charge is 0.346 e. The Morgan fingerprint density at radius 3 is 2.56 bits per heavy atom. The Labute approximate surface area is 94.5 Å². The number of aromatic amines is 1. The Morgan fingerprint density at radius 2 is 2.00 bits per heavy atom. The fraction of sp³-hybridized carbons (Fsp3) is 0.231. The van der Waals surface area contributed by atoms with Gasteiger partial charge in [0.25, 0.3) is 0 Å². The molecule has 16 heavy (non-hydrogen) atoms. The van der Waals surface area contributed by atoms with E-state index in [1.807, 2.05) is 39.0 Å². The Kier molecular flexibility index (Phi) is 2.60. The molecule has 3 nitrogen and oxygen atoms in total. The number of hydrogen-bond donors (Lipinski definition) is 1. The highest BCUT2D eigenvalue weighted by atomic mass is 16.1. The third-order valence-corrected chi connectivity index (χ3v) is 2.66. The van der Waals surface area contributed by atoms with Gasteiger partial charge in [0.05, 0.1) is 5.69 Å². The third-order valence-electron chi connectivity index (χ3n) is 2.66. The number of H-pyrrole nitrogens is 1. The molecule has 0 aliphatic heterocycles. The smallest absolute Gasteiger partial charge is 0.150 e. The zero-order valence-electron chi connectivity index (χ0n) is 9.66. The van der Waals surface area contributed by atoms with Gasteiger partial charge in [-0.25, -0.2) is 4.98 Å². The van der Waals surface area contributed by atoms with Crippen LogP contribution in [0.15, 0.2) is 18.2 Å². The van der Waals surface area contributed by atoms with E-state index in [2.05, 4.69) is 9.97 Å². The number of carbonyl (C=O) groups is 1. The third kappa shape index (κ3) is 1.76. The molecule has 2 rings (SSSR count). The summed E-state index contributed by atoms with van der Waals surface area (Å²) in [5.74, 6) is 0.892. The maximum atomic E-state index is 10.8. The van der Waals surface area contributed by atoms with Gasteiger partial charge < -0.3 is 4.98 Å². The first-order valence-electron chi connectivity index (χ1n) is 5.21. The number of nitrogens with one attached hydrogen (secondary N) is 1. The lowest BCUT2D eigenvalue weighted by Crippen LogP contribution is -1.89. The van der Waals surface area contributed by atoms with Gasteiger partial charge in [0.1, 0.15) is 12.1 Å². The molecule has 0 saturated carbocycles. The summed E-state index contributed by atoms with van der Waals surface area (Å²) < 4.78 is 0. The average Bonchev–Trinajstić information content (AvgIpc) is 2.58. The van der Waals surface area contributed by atoms with Gasteiger partial charge in [-0.05, 0) is 32.4 Å². The number of imidazole rings is 1. The molecular weight excluding hydrogens is 200 g/mol. The van der Waals surface area contributed by atoms with Gasteiger partial charge in [0, 0.05) is 16.8 Å². The molecule has 1 N–H and O–H groups in total. The normalized spacial score (nSPS) is 10.4. The first-order chi connectivity index (χ1) is 7.61. The van der Waals surface area contributed by atoms with Crippen LogP contribution >= 0.6 is 0 Å². The summed E-state index contributed by atoms with van der Waals surface area (Å²) in [6, 6.07) is 5.65. The van der Waals surface area contributed by atoms with Crippen LogP contribution in [0.1, 0.15) is 27.4 Å². The van der Waals surface area contributed by atoms with E-state index in [1.54, 1.807) is 0 Å².